The number of nitrogens with zero attached hydrogens (tertiary/aromatic N) is 4. The number of benzene rings is 1. The van der Waals surface area contributed by atoms with Crippen LogP contribution in [0.3, 0.4) is 0 Å². The van der Waals surface area contributed by atoms with Gasteiger partial charge in [-0.15, -0.1) is 24.0 Å². The molecule has 3 atom stereocenters. The van der Waals surface area contributed by atoms with Crippen LogP contribution in [0.5, 0.6) is 0 Å². The van der Waals surface area contributed by atoms with Gasteiger partial charge in [-0.2, -0.15) is 5.10 Å². The van der Waals surface area contributed by atoms with Gasteiger partial charge in [0.2, 0.25) is 0 Å². The number of aromatic nitrogens is 3. The van der Waals surface area contributed by atoms with Crippen molar-refractivity contribution in [3.05, 3.63) is 47.3 Å². The van der Waals surface area contributed by atoms with Gasteiger partial charge in [-0.05, 0) is 24.5 Å². The minimum Gasteiger partial charge on any atom is -0.353 e. The molecule has 2 aromatic rings. The number of hydrogen-bond donors (Lipinski definition) is 2. The average Bonchev–Trinajstić information content (AvgIpc) is 3.27. The van der Waals surface area contributed by atoms with Gasteiger partial charge in [-0.3, -0.25) is 4.99 Å². The zero-order valence-corrected chi connectivity index (χ0v) is 18.9. The van der Waals surface area contributed by atoms with E-state index in [1.54, 1.807) is 13.1 Å². The molecule has 28 heavy (non-hydrogen) atoms. The Morgan fingerprint density at radius 2 is 2.07 bits per heavy atom. The Morgan fingerprint density at radius 3 is 2.79 bits per heavy atom. The van der Waals surface area contributed by atoms with Crippen LogP contribution in [0.2, 0.25) is 0 Å². The van der Waals surface area contributed by atoms with Gasteiger partial charge in [0, 0.05) is 37.4 Å². The Balaban J connectivity index is 0.00000225. The Labute approximate surface area is 182 Å². The third-order valence-electron chi connectivity index (χ3n) is 5.37. The zero-order chi connectivity index (χ0) is 19.0. The highest BCUT2D eigenvalue weighted by molar-refractivity contribution is 14.0. The molecule has 0 spiro atoms. The summed E-state index contributed by atoms with van der Waals surface area (Å²) in [6.07, 6.45) is 2.84. The first-order chi connectivity index (χ1) is 13.0. The lowest BCUT2D eigenvalue weighted by molar-refractivity contribution is 0.391. The number of hydrogen-bond acceptors (Lipinski definition) is 3. The molecule has 1 saturated carbocycles. The molecule has 4 rings (SSSR count). The van der Waals surface area contributed by atoms with Crippen LogP contribution < -0.4 is 10.6 Å². The third kappa shape index (κ3) is 4.47. The Bertz CT molecular complexity index is 849. The van der Waals surface area contributed by atoms with Gasteiger partial charge in [-0.25, -0.2) is 14.1 Å². The topological polar surface area (TPSA) is 67.1 Å². The van der Waals surface area contributed by atoms with Crippen LogP contribution in [0.25, 0.3) is 0 Å². The monoisotopic (exact) mass is 498 g/mol. The lowest BCUT2D eigenvalue weighted by atomic mass is 10.1. The van der Waals surface area contributed by atoms with Gasteiger partial charge in [0.25, 0.3) is 0 Å². The number of aryl methyl sites for hydroxylation is 1. The molecule has 8 heteroatoms. The molecule has 3 unspecified atom stereocenters. The van der Waals surface area contributed by atoms with Gasteiger partial charge >= 0.3 is 0 Å². The fourth-order valence-corrected chi connectivity index (χ4v) is 3.70. The van der Waals surface area contributed by atoms with E-state index in [4.69, 9.17) is 0 Å². The second-order valence-electron chi connectivity index (χ2n) is 7.79. The summed E-state index contributed by atoms with van der Waals surface area (Å²) in [6, 6.07) is 7.51. The van der Waals surface area contributed by atoms with Crippen LogP contribution in [0.15, 0.2) is 29.3 Å². The predicted molar refractivity (Wildman–Crippen MR) is 119 cm³/mol. The van der Waals surface area contributed by atoms with Gasteiger partial charge in [0.1, 0.15) is 11.6 Å². The Hall–Kier alpha value is -1.71. The van der Waals surface area contributed by atoms with Gasteiger partial charge < -0.3 is 10.6 Å². The fourth-order valence-electron chi connectivity index (χ4n) is 3.70. The highest BCUT2D eigenvalue weighted by Gasteiger charge is 2.40. The van der Waals surface area contributed by atoms with Crippen LogP contribution in [0.4, 0.5) is 4.39 Å². The summed E-state index contributed by atoms with van der Waals surface area (Å²) >= 11 is 0. The Morgan fingerprint density at radius 1 is 1.29 bits per heavy atom. The summed E-state index contributed by atoms with van der Waals surface area (Å²) in [5, 5.41) is 11.6. The summed E-state index contributed by atoms with van der Waals surface area (Å²) in [5.74, 6) is 3.19. The van der Waals surface area contributed by atoms with Crippen molar-refractivity contribution in [2.45, 2.75) is 63.6 Å². The van der Waals surface area contributed by atoms with Crippen molar-refractivity contribution in [1.82, 2.24) is 25.4 Å². The molecular weight excluding hydrogens is 470 g/mol. The molecule has 6 nitrogen and oxygen atoms in total. The number of rotatable bonds is 4. The predicted octanol–water partition coefficient (Wildman–Crippen LogP) is 3.19. The van der Waals surface area contributed by atoms with Crippen molar-refractivity contribution in [2.75, 3.05) is 7.05 Å². The smallest absolute Gasteiger partial charge is 0.191 e. The molecular formula is C20H28FIN6. The second-order valence-corrected chi connectivity index (χ2v) is 7.79. The maximum atomic E-state index is 14.0. The van der Waals surface area contributed by atoms with Crippen LogP contribution in [-0.4, -0.2) is 39.9 Å². The van der Waals surface area contributed by atoms with Crippen LogP contribution in [0, 0.1) is 5.82 Å². The molecule has 1 aliphatic heterocycles. The first kappa shape index (κ1) is 21.0. The van der Waals surface area contributed by atoms with E-state index in [9.17, 15) is 4.39 Å². The molecule has 1 aromatic carbocycles. The lowest BCUT2D eigenvalue weighted by Gasteiger charge is -2.25. The maximum absolute atomic E-state index is 14.0. The van der Waals surface area contributed by atoms with E-state index in [0.29, 0.717) is 5.92 Å². The molecule has 0 amide bonds. The van der Waals surface area contributed by atoms with E-state index in [1.807, 2.05) is 16.8 Å². The van der Waals surface area contributed by atoms with Gasteiger partial charge in [0.05, 0.1) is 6.54 Å². The first-order valence-electron chi connectivity index (χ1n) is 9.73. The third-order valence-corrected chi connectivity index (χ3v) is 5.37. The van der Waals surface area contributed by atoms with E-state index >= 15 is 0 Å². The van der Waals surface area contributed by atoms with Crippen LogP contribution >= 0.6 is 24.0 Å². The summed E-state index contributed by atoms with van der Waals surface area (Å²) in [7, 11) is 1.77. The molecule has 2 aliphatic rings. The Kier molecular flexibility index (Phi) is 6.57. The van der Waals surface area contributed by atoms with Gasteiger partial charge in [-0.1, -0.05) is 32.0 Å². The molecule has 2 heterocycles. The highest BCUT2D eigenvalue weighted by Crippen LogP contribution is 2.41. The summed E-state index contributed by atoms with van der Waals surface area (Å²) in [4.78, 5) is 8.99. The fraction of sp³-hybridized carbons (Fsp3) is 0.550. The van der Waals surface area contributed by atoms with Crippen molar-refractivity contribution in [1.29, 1.82) is 0 Å². The van der Waals surface area contributed by atoms with Crippen molar-refractivity contribution in [3.63, 3.8) is 0 Å². The normalized spacial score (nSPS) is 23.8. The second kappa shape index (κ2) is 8.75. The van der Waals surface area contributed by atoms with Crippen molar-refractivity contribution < 1.29 is 4.39 Å². The number of nitrogens with one attached hydrogen (secondary N) is 2. The zero-order valence-electron chi connectivity index (χ0n) is 16.5. The molecule has 2 N–H and O–H groups in total. The minimum absolute atomic E-state index is 0. The van der Waals surface area contributed by atoms with Gasteiger partial charge in [0.15, 0.2) is 11.8 Å². The quantitative estimate of drug-likeness (QED) is 0.386. The average molecular weight is 498 g/mol. The summed E-state index contributed by atoms with van der Waals surface area (Å²) in [6.45, 7) is 5.02. The molecule has 1 fully saturated rings. The van der Waals surface area contributed by atoms with E-state index in [1.165, 1.54) is 6.07 Å². The lowest BCUT2D eigenvalue weighted by Crippen LogP contribution is -2.47. The van der Waals surface area contributed by atoms with Crippen molar-refractivity contribution in [3.8, 4) is 0 Å². The number of halogens is 2. The maximum Gasteiger partial charge on any atom is 0.191 e. The first-order valence-corrected chi connectivity index (χ1v) is 9.73. The van der Waals surface area contributed by atoms with E-state index in [0.717, 1.165) is 49.0 Å². The highest BCUT2D eigenvalue weighted by atomic mass is 127. The SMILES string of the molecule is CN=C(NC1CCc2nc(C(C)C)nn2C1)NC1CC1c1ccccc1F.I. The molecule has 0 radical (unpaired) electrons. The number of aliphatic imine (C=N–C) groups is 1. The standard InChI is InChI=1S/C20H27FN6.HI/c1-12(2)19-25-18-9-8-13(11-27(18)26-19)23-20(22-3)24-17-10-15(17)14-6-4-5-7-16(14)21;/h4-7,12-13,15,17H,8-11H2,1-3H3,(H2,22,23,24);1H. The van der Waals surface area contributed by atoms with E-state index < -0.39 is 0 Å². The van der Waals surface area contributed by atoms with Crippen molar-refractivity contribution >= 4 is 29.9 Å². The molecule has 1 aliphatic carbocycles. The molecule has 152 valence electrons. The molecule has 0 bridgehead atoms. The largest absolute Gasteiger partial charge is 0.353 e. The van der Waals surface area contributed by atoms with Crippen LogP contribution in [-0.2, 0) is 13.0 Å². The van der Waals surface area contributed by atoms with Crippen LogP contribution in [0.1, 0.15) is 55.7 Å². The van der Waals surface area contributed by atoms with E-state index in [-0.39, 0.29) is 47.8 Å². The van der Waals surface area contributed by atoms with E-state index in [2.05, 4.69) is 39.6 Å². The minimum atomic E-state index is -0.123. The number of guanidine groups is 1. The summed E-state index contributed by atoms with van der Waals surface area (Å²) in [5.41, 5.74) is 0.789. The van der Waals surface area contributed by atoms with Crippen molar-refractivity contribution in [2.24, 2.45) is 4.99 Å². The molecule has 1 aromatic heterocycles. The summed E-state index contributed by atoms with van der Waals surface area (Å²) < 4.78 is 16.0. The molecule has 0 saturated heterocycles. The number of fused-ring (bicyclic) bond motifs is 1.